The molecule has 9 heteroatoms. The third-order valence-electron chi connectivity index (χ3n) is 4.61. The van der Waals surface area contributed by atoms with Crippen molar-refractivity contribution in [3.05, 3.63) is 87.0 Å². The molecule has 0 aliphatic carbocycles. The number of anilines is 1. The Labute approximate surface area is 167 Å². The minimum absolute atomic E-state index is 0.00491. The predicted molar refractivity (Wildman–Crippen MR) is 102 cm³/mol. The maximum absolute atomic E-state index is 14.3. The van der Waals surface area contributed by atoms with Crippen LogP contribution >= 0.6 is 11.8 Å². The number of benzene rings is 2. The van der Waals surface area contributed by atoms with Gasteiger partial charge >= 0.3 is 0 Å². The second kappa shape index (κ2) is 7.75. The normalized spacial score (nSPS) is 15.7. The Kier molecular flexibility index (Phi) is 5.14. The molecule has 148 valence electrons. The zero-order valence-electron chi connectivity index (χ0n) is 14.8. The van der Waals surface area contributed by atoms with E-state index in [0.717, 1.165) is 17.8 Å². The van der Waals surface area contributed by atoms with Crippen molar-refractivity contribution in [2.24, 2.45) is 0 Å². The Hall–Kier alpha value is -3.07. The number of nitrogens with one attached hydrogen (secondary N) is 2. The number of hydrogen-bond acceptors (Lipinski definition) is 4. The van der Waals surface area contributed by atoms with Crippen LogP contribution in [0.5, 0.6) is 0 Å². The summed E-state index contributed by atoms with van der Waals surface area (Å²) in [5.41, 5.74) is -0.161. The lowest BCUT2D eigenvalue weighted by Crippen LogP contribution is -2.31. The van der Waals surface area contributed by atoms with Gasteiger partial charge in [-0.1, -0.05) is 42.1 Å². The van der Waals surface area contributed by atoms with Crippen LogP contribution < -0.4 is 10.9 Å². The monoisotopic (exact) mass is 417 g/mol. The molecule has 0 bridgehead atoms. The Balaban J connectivity index is 1.70. The Morgan fingerprint density at radius 3 is 2.59 bits per heavy atom. The number of aromatic amines is 1. The summed E-state index contributed by atoms with van der Waals surface area (Å²) >= 11 is 1.09. The standard InChI is InChI=1S/C20H14F3N3O2S/c21-13-6-2-1-4-10(13)9-29-20-25-18-16(19(28)26-20)12(8-15(27)24-18)11-5-3-7-14(22)17(11)23/h1-7,12H,8-9H2,(H2,24,25,26,27,28). The van der Waals surface area contributed by atoms with Gasteiger partial charge in [-0.3, -0.25) is 9.59 Å². The van der Waals surface area contributed by atoms with Crippen molar-refractivity contribution < 1.29 is 18.0 Å². The van der Waals surface area contributed by atoms with Gasteiger partial charge in [0.25, 0.3) is 5.56 Å². The number of rotatable bonds is 4. The lowest BCUT2D eigenvalue weighted by atomic mass is 9.86. The highest BCUT2D eigenvalue weighted by Gasteiger charge is 2.33. The Morgan fingerprint density at radius 2 is 1.79 bits per heavy atom. The van der Waals surface area contributed by atoms with E-state index in [1.807, 2.05) is 0 Å². The zero-order chi connectivity index (χ0) is 20.5. The molecular weight excluding hydrogens is 403 g/mol. The maximum Gasteiger partial charge on any atom is 0.257 e. The number of aromatic nitrogens is 2. The number of carbonyl (C=O) groups is 1. The minimum Gasteiger partial charge on any atom is -0.310 e. The average molecular weight is 417 g/mol. The third-order valence-corrected chi connectivity index (χ3v) is 5.53. The van der Waals surface area contributed by atoms with E-state index in [1.54, 1.807) is 18.2 Å². The minimum atomic E-state index is -1.10. The molecule has 2 N–H and O–H groups in total. The zero-order valence-corrected chi connectivity index (χ0v) is 15.7. The number of carbonyl (C=O) groups excluding carboxylic acids is 1. The van der Waals surface area contributed by atoms with Crippen molar-refractivity contribution in [1.82, 2.24) is 9.97 Å². The van der Waals surface area contributed by atoms with E-state index in [1.165, 1.54) is 18.2 Å². The summed E-state index contributed by atoms with van der Waals surface area (Å²) in [6.07, 6.45) is -0.208. The highest BCUT2D eigenvalue weighted by molar-refractivity contribution is 7.98. The van der Waals surface area contributed by atoms with Gasteiger partial charge in [0.2, 0.25) is 5.91 Å². The second-order valence-electron chi connectivity index (χ2n) is 6.46. The average Bonchev–Trinajstić information content (AvgIpc) is 2.68. The SMILES string of the molecule is O=C1CC(c2cccc(F)c2F)c2c(nc(SCc3ccccc3F)[nH]c2=O)N1. The molecule has 1 amide bonds. The van der Waals surface area contributed by atoms with Crippen LogP contribution in [0.4, 0.5) is 19.0 Å². The quantitative estimate of drug-likeness (QED) is 0.498. The summed E-state index contributed by atoms with van der Waals surface area (Å²) in [6.45, 7) is 0. The van der Waals surface area contributed by atoms with Gasteiger partial charge in [-0.15, -0.1) is 0 Å². The molecular formula is C20H14F3N3O2S. The molecule has 1 unspecified atom stereocenters. The van der Waals surface area contributed by atoms with Crippen LogP contribution in [-0.2, 0) is 10.5 Å². The van der Waals surface area contributed by atoms with Crippen molar-refractivity contribution in [3.63, 3.8) is 0 Å². The topological polar surface area (TPSA) is 74.8 Å². The van der Waals surface area contributed by atoms with Crippen LogP contribution in [0.25, 0.3) is 0 Å². The molecule has 1 aliphatic heterocycles. The van der Waals surface area contributed by atoms with E-state index < -0.39 is 29.0 Å². The third kappa shape index (κ3) is 3.77. The molecule has 0 radical (unpaired) electrons. The van der Waals surface area contributed by atoms with Gasteiger partial charge < -0.3 is 10.3 Å². The largest absolute Gasteiger partial charge is 0.310 e. The molecule has 1 aromatic heterocycles. The second-order valence-corrected chi connectivity index (χ2v) is 7.43. The van der Waals surface area contributed by atoms with Crippen molar-refractivity contribution in [2.45, 2.75) is 23.2 Å². The lowest BCUT2D eigenvalue weighted by Gasteiger charge is -2.24. The molecule has 0 saturated heterocycles. The van der Waals surface area contributed by atoms with Crippen molar-refractivity contribution in [1.29, 1.82) is 0 Å². The molecule has 2 aromatic carbocycles. The summed E-state index contributed by atoms with van der Waals surface area (Å²) in [6, 6.07) is 9.84. The first kappa shape index (κ1) is 19.3. The fourth-order valence-electron chi connectivity index (χ4n) is 3.24. The lowest BCUT2D eigenvalue weighted by molar-refractivity contribution is -0.116. The molecule has 5 nitrogen and oxygen atoms in total. The maximum atomic E-state index is 14.3. The van der Waals surface area contributed by atoms with Crippen LogP contribution in [0, 0.1) is 17.5 Å². The first-order chi connectivity index (χ1) is 13.9. The molecule has 1 atom stereocenters. The molecule has 4 rings (SSSR count). The summed E-state index contributed by atoms with van der Waals surface area (Å²) in [5.74, 6) is -3.76. The van der Waals surface area contributed by atoms with E-state index in [2.05, 4.69) is 15.3 Å². The van der Waals surface area contributed by atoms with Gasteiger partial charge in [0.1, 0.15) is 11.6 Å². The summed E-state index contributed by atoms with van der Waals surface area (Å²) < 4.78 is 41.7. The van der Waals surface area contributed by atoms with Crippen LogP contribution in [0.3, 0.4) is 0 Å². The van der Waals surface area contributed by atoms with Crippen molar-refractivity contribution in [2.75, 3.05) is 5.32 Å². The summed E-state index contributed by atoms with van der Waals surface area (Å²) in [5, 5.41) is 2.69. The van der Waals surface area contributed by atoms with Gasteiger partial charge in [0, 0.05) is 18.1 Å². The van der Waals surface area contributed by atoms with E-state index >= 15 is 0 Å². The van der Waals surface area contributed by atoms with Gasteiger partial charge in [0.15, 0.2) is 16.8 Å². The Morgan fingerprint density at radius 1 is 1.03 bits per heavy atom. The number of amides is 1. The number of halogens is 3. The number of thioether (sulfide) groups is 1. The van der Waals surface area contributed by atoms with Crippen molar-refractivity contribution >= 4 is 23.5 Å². The highest BCUT2D eigenvalue weighted by atomic mass is 32.2. The molecule has 3 aromatic rings. The summed E-state index contributed by atoms with van der Waals surface area (Å²) in [4.78, 5) is 31.6. The molecule has 0 spiro atoms. The molecule has 1 aliphatic rings. The van der Waals surface area contributed by atoms with Crippen LogP contribution in [0.1, 0.15) is 29.0 Å². The first-order valence-corrected chi connectivity index (χ1v) is 9.66. The van der Waals surface area contributed by atoms with Gasteiger partial charge in [0.05, 0.1) is 5.56 Å². The number of fused-ring (bicyclic) bond motifs is 1. The van der Waals surface area contributed by atoms with Gasteiger partial charge in [-0.25, -0.2) is 18.2 Å². The molecule has 2 heterocycles. The van der Waals surface area contributed by atoms with Gasteiger partial charge in [-0.2, -0.15) is 0 Å². The fourth-order valence-corrected chi connectivity index (χ4v) is 4.08. The van der Waals surface area contributed by atoms with E-state index in [4.69, 9.17) is 0 Å². The number of nitrogens with zero attached hydrogens (tertiary/aromatic N) is 1. The van der Waals surface area contributed by atoms with E-state index in [9.17, 15) is 22.8 Å². The summed E-state index contributed by atoms with van der Waals surface area (Å²) in [7, 11) is 0. The number of H-pyrrole nitrogens is 1. The number of hydrogen-bond donors (Lipinski definition) is 2. The highest BCUT2D eigenvalue weighted by Crippen LogP contribution is 2.36. The van der Waals surface area contributed by atoms with Crippen LogP contribution in [-0.4, -0.2) is 15.9 Å². The first-order valence-electron chi connectivity index (χ1n) is 8.68. The Bertz CT molecular complexity index is 1170. The van der Waals surface area contributed by atoms with Crippen LogP contribution in [0.2, 0.25) is 0 Å². The molecule has 0 fully saturated rings. The fraction of sp³-hybridized carbons (Fsp3) is 0.150. The van der Waals surface area contributed by atoms with E-state index in [-0.39, 0.29) is 40.1 Å². The predicted octanol–water partition coefficient (Wildman–Crippen LogP) is 3.95. The molecule has 0 saturated carbocycles. The smallest absolute Gasteiger partial charge is 0.257 e. The van der Waals surface area contributed by atoms with Gasteiger partial charge in [-0.05, 0) is 23.3 Å². The van der Waals surface area contributed by atoms with Crippen molar-refractivity contribution in [3.8, 4) is 0 Å². The van der Waals surface area contributed by atoms with E-state index in [0.29, 0.717) is 5.56 Å². The van der Waals surface area contributed by atoms with Crippen LogP contribution in [0.15, 0.2) is 52.4 Å². The molecule has 29 heavy (non-hydrogen) atoms.